The van der Waals surface area contributed by atoms with Crippen LogP contribution in [0.15, 0.2) is 0 Å². The molecule has 0 atom stereocenters. The topological polar surface area (TPSA) is 0 Å². The van der Waals surface area contributed by atoms with Crippen molar-refractivity contribution < 1.29 is 145 Å². The van der Waals surface area contributed by atoms with E-state index in [1.54, 1.807) is 0 Å². The number of rotatable bonds is 14. The molecule has 0 rings (SSSR count). The Morgan fingerprint density at radius 1 is 0.160 bits per heavy atom. The SMILES string of the molecule is FC(F)(F)C(F)(F)C(F)(F)C(F)(F)C(F)(F)C(F)(F)C(F)(F)C(F)(F)C(F)(F)C(F)(F)C(F)(F)C(F)(F)C(F)(F)C(F)(F)C(F)(F)[C](F)(F)[Na]. The van der Waals surface area contributed by atoms with Crippen LogP contribution in [-0.2, 0) is 0 Å². The Bertz CT molecular complexity index is 1150. The van der Waals surface area contributed by atoms with E-state index in [0.29, 0.717) is 0 Å². The molecule has 0 unspecified atom stereocenters. The summed E-state index contributed by atoms with van der Waals surface area (Å²) in [5, 5.41) is 0. The number of halogens is 33. The predicted octanol–water partition coefficient (Wildman–Crippen LogP) is 10.2. The van der Waals surface area contributed by atoms with Gasteiger partial charge in [0.15, 0.2) is 0 Å². The summed E-state index contributed by atoms with van der Waals surface area (Å²) in [7, 11) is 0. The molecule has 0 fully saturated rings. The minimum absolute atomic E-state index is 2.93. The monoisotopic (exact) mass is 842 g/mol. The van der Waals surface area contributed by atoms with Crippen molar-refractivity contribution in [3.63, 3.8) is 0 Å². The van der Waals surface area contributed by atoms with Crippen molar-refractivity contribution in [1.82, 2.24) is 0 Å². The molecule has 34 heteroatoms. The molecule has 50 heavy (non-hydrogen) atoms. The van der Waals surface area contributed by atoms with Crippen LogP contribution in [0.25, 0.3) is 0 Å². The summed E-state index contributed by atoms with van der Waals surface area (Å²) >= 11 is -2.93. The van der Waals surface area contributed by atoms with Crippen LogP contribution in [0.4, 0.5) is 145 Å². The van der Waals surface area contributed by atoms with E-state index in [4.69, 9.17) is 0 Å². The van der Waals surface area contributed by atoms with Crippen molar-refractivity contribution in [3.05, 3.63) is 0 Å². The first-order chi connectivity index (χ1) is 20.8. The normalized spacial score (nSPS) is 17.4. The van der Waals surface area contributed by atoms with Crippen molar-refractivity contribution in [2.75, 3.05) is 0 Å². The number of hydrogen-bond donors (Lipinski definition) is 0. The van der Waals surface area contributed by atoms with Crippen molar-refractivity contribution in [1.29, 1.82) is 0 Å². The summed E-state index contributed by atoms with van der Waals surface area (Å²) in [6.07, 6.45) is -8.37. The Morgan fingerprint density at radius 3 is 0.360 bits per heavy atom. The second kappa shape index (κ2) is 11.6. The standard InChI is InChI=1S/C16F33.Na/c17-1(18)2(19,20)3(21,22)4(23,24)5(25,26)6(27,28)7(29,30)8(31,32)9(33,34)10(35,36)11(37,38)12(39,40)13(41,42)14(43,44)15(45,46)16(47,48)49;. The molecule has 0 N–H and O–H groups in total. The fraction of sp³-hybridized carbons (Fsp3) is 1.00. The average molecular weight is 842 g/mol. The molecular formula is C16F33Na. The third kappa shape index (κ3) is 5.45. The zero-order valence-electron chi connectivity index (χ0n) is 21.5. The Hall–Kier alpha value is -1.31. The van der Waals surface area contributed by atoms with Crippen LogP contribution in [0.2, 0.25) is 0 Å². The number of alkyl halides is 33. The van der Waals surface area contributed by atoms with E-state index in [1.165, 1.54) is 0 Å². The van der Waals surface area contributed by atoms with Crippen molar-refractivity contribution >= 4 is 27.9 Å². The third-order valence-electron chi connectivity index (χ3n) is 6.03. The second-order valence-electron chi connectivity index (χ2n) is 9.43. The molecule has 0 nitrogen and oxygen atoms in total. The molecule has 0 aromatic carbocycles. The average Bonchev–Trinajstić information content (AvgIpc) is 2.85. The molecule has 0 aliphatic rings. The minimum atomic E-state index is -10.2. The first-order valence-corrected chi connectivity index (χ1v) is 11.5. The van der Waals surface area contributed by atoms with E-state index in [2.05, 4.69) is 0 Å². The van der Waals surface area contributed by atoms with Crippen LogP contribution in [-0.4, -0.2) is 120 Å². The molecule has 0 aromatic heterocycles. The molecule has 0 aliphatic heterocycles. The van der Waals surface area contributed by atoms with E-state index < -0.39 is 120 Å². The van der Waals surface area contributed by atoms with Gasteiger partial charge in [0.05, 0.1) is 0 Å². The fourth-order valence-corrected chi connectivity index (χ4v) is 3.13. The summed E-state index contributed by atoms with van der Waals surface area (Å²) in [6.45, 7) is 0. The Labute approximate surface area is 265 Å². The van der Waals surface area contributed by atoms with Gasteiger partial charge in [-0.15, -0.1) is 0 Å². The Morgan fingerprint density at radius 2 is 0.260 bits per heavy atom. The fourth-order valence-electron chi connectivity index (χ4n) is 2.82. The molecule has 0 bridgehead atoms. The zero-order chi connectivity index (χ0) is 42.0. The van der Waals surface area contributed by atoms with Crippen LogP contribution in [0.3, 0.4) is 0 Å². The zero-order valence-corrected chi connectivity index (χ0v) is 23.5. The quantitative estimate of drug-likeness (QED) is 0.121. The van der Waals surface area contributed by atoms with Crippen molar-refractivity contribution in [2.24, 2.45) is 0 Å². The first-order valence-electron chi connectivity index (χ1n) is 10.5. The van der Waals surface area contributed by atoms with Crippen molar-refractivity contribution in [2.45, 2.75) is 92.3 Å². The third-order valence-corrected chi connectivity index (χ3v) is 6.66. The van der Waals surface area contributed by atoms with Crippen LogP contribution < -0.4 is 0 Å². The number of hydrogen-bond acceptors (Lipinski definition) is 0. The predicted molar refractivity (Wildman–Crippen MR) is 86.0 cm³/mol. The summed E-state index contributed by atoms with van der Waals surface area (Å²) in [6, 6.07) is 0. The van der Waals surface area contributed by atoms with E-state index in [0.717, 1.165) is 0 Å². The van der Waals surface area contributed by atoms with Gasteiger partial charge < -0.3 is 0 Å². The van der Waals surface area contributed by atoms with Gasteiger partial charge in [-0.2, -0.15) is 48.3 Å². The van der Waals surface area contributed by atoms with Gasteiger partial charge in [-0.1, -0.05) is 0 Å². The summed E-state index contributed by atoms with van der Waals surface area (Å²) in [4.78, 5) is 0. The molecule has 0 saturated heterocycles. The summed E-state index contributed by atoms with van der Waals surface area (Å²) in [5.74, 6) is -135. The van der Waals surface area contributed by atoms with Gasteiger partial charge in [0.25, 0.3) is 0 Å². The van der Waals surface area contributed by atoms with Gasteiger partial charge in [-0.25, -0.2) is 0 Å². The molecule has 0 spiro atoms. The van der Waals surface area contributed by atoms with Crippen LogP contribution in [0.5, 0.6) is 0 Å². The Balaban J connectivity index is 7.70. The van der Waals surface area contributed by atoms with E-state index >= 15 is 0 Å². The second-order valence-corrected chi connectivity index (χ2v) is 10.7. The maximum atomic E-state index is 13.7. The molecule has 0 amide bonds. The van der Waals surface area contributed by atoms with E-state index in [1.807, 2.05) is 0 Å². The molecule has 0 aliphatic carbocycles. The van der Waals surface area contributed by atoms with Crippen LogP contribution in [0.1, 0.15) is 0 Å². The molecule has 0 radical (unpaired) electrons. The van der Waals surface area contributed by atoms with Crippen LogP contribution >= 0.6 is 0 Å². The summed E-state index contributed by atoms with van der Waals surface area (Å²) < 4.78 is 432. The van der Waals surface area contributed by atoms with Gasteiger partial charge in [0, 0.05) is 0 Å². The Kier molecular flexibility index (Phi) is 11.3. The van der Waals surface area contributed by atoms with Gasteiger partial charge in [-0.05, 0) is 0 Å². The van der Waals surface area contributed by atoms with Gasteiger partial charge in [0.2, 0.25) is 0 Å². The van der Waals surface area contributed by atoms with Crippen molar-refractivity contribution in [3.8, 4) is 0 Å². The molecular weight excluding hydrogens is 842 g/mol. The summed E-state index contributed by atoms with van der Waals surface area (Å²) in [5.41, 5.74) is 0. The molecule has 0 heterocycles. The molecule has 0 aromatic rings. The van der Waals surface area contributed by atoms with E-state index in [9.17, 15) is 145 Å². The molecule has 0 saturated carbocycles. The molecule has 296 valence electrons. The van der Waals surface area contributed by atoms with Gasteiger partial charge in [-0.3, -0.25) is 0 Å². The maximum absolute atomic E-state index is 13.7. The van der Waals surface area contributed by atoms with Gasteiger partial charge >= 0.3 is 217 Å². The van der Waals surface area contributed by atoms with Crippen LogP contribution in [0, 0.1) is 0 Å². The first kappa shape index (κ1) is 48.7. The van der Waals surface area contributed by atoms with E-state index in [-0.39, 0.29) is 0 Å². The van der Waals surface area contributed by atoms with Gasteiger partial charge in [0.1, 0.15) is 0 Å².